The van der Waals surface area contributed by atoms with Crippen LogP contribution in [0.2, 0.25) is 38.3 Å². The Kier molecular flexibility index (Phi) is 6.94. The summed E-state index contributed by atoms with van der Waals surface area (Å²) in [4.78, 5) is 14.1. The molecule has 3 unspecified atom stereocenters. The quantitative estimate of drug-likeness (QED) is 0.492. The van der Waals surface area contributed by atoms with Crippen molar-refractivity contribution in [3.63, 3.8) is 0 Å². The van der Waals surface area contributed by atoms with Crippen LogP contribution in [0.15, 0.2) is 70.3 Å². The Bertz CT molecular complexity index is 1250. The SMILES string of the molecule is Cc1ccc(S(=O)(=O)N2CCC([Si](C)(C)c3ccccc3)=C3C(C)C(=O)C([Si](C)(C)C)C3C2)cc1. The van der Waals surface area contributed by atoms with Crippen LogP contribution in [0.3, 0.4) is 0 Å². The Morgan fingerprint density at radius 2 is 1.51 bits per heavy atom. The van der Waals surface area contributed by atoms with E-state index in [0.717, 1.165) is 5.56 Å². The number of carbonyl (C=O) groups excluding carboxylic acids is 1. The summed E-state index contributed by atoms with van der Waals surface area (Å²) >= 11 is 0. The van der Waals surface area contributed by atoms with Gasteiger partial charge in [0.25, 0.3) is 0 Å². The zero-order valence-electron chi connectivity index (χ0n) is 22.1. The number of rotatable bonds is 5. The summed E-state index contributed by atoms with van der Waals surface area (Å²) in [7, 11) is -7.66. The van der Waals surface area contributed by atoms with Crippen molar-refractivity contribution in [2.75, 3.05) is 13.1 Å². The average molecular weight is 526 g/mol. The summed E-state index contributed by atoms with van der Waals surface area (Å²) in [5.74, 6) is 0.163. The van der Waals surface area contributed by atoms with Gasteiger partial charge < -0.3 is 0 Å². The minimum Gasteiger partial charge on any atom is -0.299 e. The number of benzene rings is 2. The van der Waals surface area contributed by atoms with Gasteiger partial charge in [-0.1, -0.05) is 104 Å². The normalized spacial score (nSPS) is 24.4. The third kappa shape index (κ3) is 4.68. The van der Waals surface area contributed by atoms with Crippen molar-refractivity contribution in [1.82, 2.24) is 4.31 Å². The molecule has 2 aliphatic rings. The van der Waals surface area contributed by atoms with Gasteiger partial charge in [-0.3, -0.25) is 4.79 Å². The van der Waals surface area contributed by atoms with Crippen LogP contribution < -0.4 is 5.19 Å². The van der Waals surface area contributed by atoms with Crippen LogP contribution in [0.25, 0.3) is 0 Å². The lowest BCUT2D eigenvalue weighted by molar-refractivity contribution is -0.120. The molecule has 2 aromatic carbocycles. The summed E-state index contributed by atoms with van der Waals surface area (Å²) in [6.07, 6.45) is 0.696. The van der Waals surface area contributed by atoms with Gasteiger partial charge in [0.1, 0.15) is 13.9 Å². The number of fused-ring (bicyclic) bond motifs is 1. The highest BCUT2D eigenvalue weighted by Gasteiger charge is 2.53. The van der Waals surface area contributed by atoms with Crippen LogP contribution in [0, 0.1) is 18.8 Å². The third-order valence-corrected chi connectivity index (χ3v) is 16.5. The molecule has 1 aliphatic heterocycles. The fourth-order valence-corrected chi connectivity index (χ4v) is 13.6. The topological polar surface area (TPSA) is 54.5 Å². The van der Waals surface area contributed by atoms with Crippen molar-refractivity contribution in [1.29, 1.82) is 0 Å². The van der Waals surface area contributed by atoms with Crippen molar-refractivity contribution in [2.24, 2.45) is 11.8 Å². The number of carbonyl (C=O) groups is 1. The number of aryl methyl sites for hydroxylation is 1. The molecule has 0 radical (unpaired) electrons. The van der Waals surface area contributed by atoms with Gasteiger partial charge in [0.15, 0.2) is 0 Å². The third-order valence-electron chi connectivity index (χ3n) is 8.20. The standard InChI is InChI=1S/C28H39NO3SSi2/c1-20-13-15-22(16-14-20)33(31,32)29-18-17-25(35(6,7)23-11-9-8-10-12-23)26-21(2)27(30)28(24(26)19-29)34(3,4)5/h8-16,21,24,28H,17-19H2,1-7H3. The van der Waals surface area contributed by atoms with E-state index in [0.29, 0.717) is 30.2 Å². The van der Waals surface area contributed by atoms with Gasteiger partial charge in [-0.2, -0.15) is 4.31 Å². The monoisotopic (exact) mass is 525 g/mol. The van der Waals surface area contributed by atoms with Gasteiger partial charge in [0, 0.05) is 30.5 Å². The van der Waals surface area contributed by atoms with Gasteiger partial charge in [0.05, 0.1) is 13.0 Å². The summed E-state index contributed by atoms with van der Waals surface area (Å²) in [5, 5.41) is 2.73. The molecule has 4 rings (SSSR count). The molecule has 2 aromatic rings. The fraction of sp³-hybridized carbons (Fsp3) is 0.464. The van der Waals surface area contributed by atoms with Crippen LogP contribution in [-0.4, -0.2) is 47.7 Å². The predicted molar refractivity (Wildman–Crippen MR) is 150 cm³/mol. The summed E-state index contributed by atoms with van der Waals surface area (Å²) in [6.45, 7) is 16.4. The Morgan fingerprint density at radius 3 is 2.09 bits per heavy atom. The van der Waals surface area contributed by atoms with E-state index in [1.54, 1.807) is 16.4 Å². The van der Waals surface area contributed by atoms with E-state index >= 15 is 0 Å². The maximum atomic E-state index is 13.8. The smallest absolute Gasteiger partial charge is 0.243 e. The van der Waals surface area contributed by atoms with Crippen molar-refractivity contribution < 1.29 is 13.2 Å². The zero-order chi connectivity index (χ0) is 25.8. The van der Waals surface area contributed by atoms with E-state index in [1.165, 1.54) is 16.0 Å². The van der Waals surface area contributed by atoms with E-state index in [2.05, 4.69) is 63.9 Å². The van der Waals surface area contributed by atoms with Crippen LogP contribution in [0.5, 0.6) is 0 Å². The van der Waals surface area contributed by atoms with E-state index in [4.69, 9.17) is 0 Å². The molecular formula is C28H39NO3SSi2. The number of sulfonamides is 1. The largest absolute Gasteiger partial charge is 0.299 e. The Morgan fingerprint density at radius 1 is 0.914 bits per heavy atom. The number of ketones is 1. The molecular weight excluding hydrogens is 487 g/mol. The maximum Gasteiger partial charge on any atom is 0.243 e. The molecule has 4 nitrogen and oxygen atoms in total. The zero-order valence-corrected chi connectivity index (χ0v) is 24.9. The summed E-state index contributed by atoms with van der Waals surface area (Å²) in [6, 6.07) is 17.8. The van der Waals surface area contributed by atoms with E-state index in [9.17, 15) is 13.2 Å². The molecule has 0 spiro atoms. The van der Waals surface area contributed by atoms with E-state index in [1.807, 2.05) is 25.1 Å². The van der Waals surface area contributed by atoms with E-state index < -0.39 is 26.2 Å². The first-order chi connectivity index (χ1) is 16.3. The van der Waals surface area contributed by atoms with Crippen molar-refractivity contribution in [3.05, 3.63) is 70.9 Å². The van der Waals surface area contributed by atoms with Crippen molar-refractivity contribution in [3.8, 4) is 0 Å². The van der Waals surface area contributed by atoms with Gasteiger partial charge in [-0.15, -0.1) is 0 Å². The molecule has 1 aliphatic carbocycles. The number of nitrogens with zero attached hydrogens (tertiary/aromatic N) is 1. The second-order valence-corrected chi connectivity index (χ2v) is 23.6. The molecule has 0 saturated heterocycles. The molecule has 7 heteroatoms. The minimum absolute atomic E-state index is 0.0302. The highest BCUT2D eigenvalue weighted by atomic mass is 32.2. The second-order valence-electron chi connectivity index (χ2n) is 11.9. The van der Waals surface area contributed by atoms with Crippen LogP contribution in [-0.2, 0) is 14.8 Å². The molecule has 1 saturated carbocycles. The second kappa shape index (κ2) is 9.25. The lowest BCUT2D eigenvalue weighted by atomic mass is 9.97. The van der Waals surface area contributed by atoms with Gasteiger partial charge in [-0.05, 0) is 25.5 Å². The molecule has 188 valence electrons. The van der Waals surface area contributed by atoms with Crippen molar-refractivity contribution >= 4 is 37.1 Å². The number of hydrogen-bond donors (Lipinski definition) is 0. The Balaban J connectivity index is 1.86. The first-order valence-corrected chi connectivity index (χ1v) is 20.7. The van der Waals surface area contributed by atoms with Crippen LogP contribution >= 0.6 is 0 Å². The lowest BCUT2D eigenvalue weighted by Crippen LogP contribution is -2.45. The van der Waals surface area contributed by atoms with E-state index in [-0.39, 0.29) is 17.4 Å². The summed E-state index contributed by atoms with van der Waals surface area (Å²) < 4.78 is 29.3. The molecule has 0 N–H and O–H groups in total. The fourth-order valence-electron chi connectivity index (χ4n) is 6.31. The molecule has 1 heterocycles. The average Bonchev–Trinajstić information content (AvgIpc) is 2.93. The molecule has 3 atom stereocenters. The molecule has 1 fully saturated rings. The molecule has 35 heavy (non-hydrogen) atoms. The van der Waals surface area contributed by atoms with Crippen LogP contribution in [0.1, 0.15) is 18.9 Å². The lowest BCUT2D eigenvalue weighted by Gasteiger charge is -2.33. The van der Waals surface area contributed by atoms with Gasteiger partial charge in [0.2, 0.25) is 10.0 Å². The first kappa shape index (κ1) is 26.3. The molecule has 0 amide bonds. The minimum atomic E-state index is -3.65. The highest BCUT2D eigenvalue weighted by Crippen LogP contribution is 2.51. The highest BCUT2D eigenvalue weighted by molar-refractivity contribution is 7.89. The van der Waals surface area contributed by atoms with Gasteiger partial charge >= 0.3 is 0 Å². The number of hydrogen-bond acceptors (Lipinski definition) is 3. The maximum absolute atomic E-state index is 13.8. The number of Topliss-reactive ketones (excluding diaryl/α,β-unsaturated/α-hetero) is 1. The molecule has 0 bridgehead atoms. The van der Waals surface area contributed by atoms with Crippen LogP contribution in [0.4, 0.5) is 0 Å². The first-order valence-electron chi connectivity index (χ1n) is 12.7. The Labute approximate surface area is 213 Å². The van der Waals surface area contributed by atoms with Crippen molar-refractivity contribution in [2.45, 2.75) is 63.4 Å². The summed E-state index contributed by atoms with van der Waals surface area (Å²) in [5.41, 5.74) is 2.25. The predicted octanol–water partition coefficient (Wildman–Crippen LogP) is 5.38. The molecule has 0 aromatic heterocycles. The Hall–Kier alpha value is -1.81. The van der Waals surface area contributed by atoms with Gasteiger partial charge in [-0.25, -0.2) is 8.42 Å².